The molecule has 1 aliphatic carbocycles. The zero-order valence-corrected chi connectivity index (χ0v) is 16.0. The fourth-order valence-electron chi connectivity index (χ4n) is 3.80. The monoisotopic (exact) mass is 381 g/mol. The smallest absolute Gasteiger partial charge is 0.240 e. The van der Waals surface area contributed by atoms with E-state index in [1.165, 1.54) is 6.07 Å². The van der Waals surface area contributed by atoms with E-state index in [1.54, 1.807) is 17.0 Å². The number of piperazine rings is 1. The normalized spacial score (nSPS) is 17.9. The van der Waals surface area contributed by atoms with Gasteiger partial charge in [-0.15, -0.1) is 0 Å². The predicted octanol–water partition coefficient (Wildman–Crippen LogP) is 3.20. The minimum atomic E-state index is -0.941. The molecule has 1 saturated heterocycles. The van der Waals surface area contributed by atoms with Crippen LogP contribution in [0.25, 0.3) is 0 Å². The molecule has 6 heteroatoms. The van der Waals surface area contributed by atoms with E-state index in [-0.39, 0.29) is 17.6 Å². The Kier molecular flexibility index (Phi) is 4.79. The molecule has 0 radical (unpaired) electrons. The highest BCUT2D eigenvalue weighted by atomic mass is 19.1. The molecule has 1 aliphatic heterocycles. The van der Waals surface area contributed by atoms with Crippen LogP contribution in [-0.4, -0.2) is 42.9 Å². The number of nitrogens with zero attached hydrogens (tertiary/aromatic N) is 2. The van der Waals surface area contributed by atoms with Crippen molar-refractivity contribution in [3.05, 3.63) is 59.9 Å². The van der Waals surface area contributed by atoms with Gasteiger partial charge in [-0.2, -0.15) is 0 Å². The largest absolute Gasteiger partial charge is 0.366 e. The summed E-state index contributed by atoms with van der Waals surface area (Å²) in [6.45, 7) is 4.06. The third-order valence-corrected chi connectivity index (χ3v) is 5.63. The summed E-state index contributed by atoms with van der Waals surface area (Å²) in [6, 6.07) is 14.3. The van der Waals surface area contributed by atoms with Gasteiger partial charge >= 0.3 is 0 Å². The van der Waals surface area contributed by atoms with Gasteiger partial charge in [0.1, 0.15) is 11.2 Å². The van der Waals surface area contributed by atoms with E-state index in [0.29, 0.717) is 50.4 Å². The van der Waals surface area contributed by atoms with E-state index < -0.39 is 5.41 Å². The van der Waals surface area contributed by atoms with Gasteiger partial charge in [0.2, 0.25) is 11.8 Å². The Morgan fingerprint density at radius 2 is 1.71 bits per heavy atom. The van der Waals surface area contributed by atoms with Crippen molar-refractivity contribution in [1.82, 2.24) is 4.90 Å². The van der Waals surface area contributed by atoms with Crippen LogP contribution in [0.3, 0.4) is 0 Å². The second-order valence-corrected chi connectivity index (χ2v) is 7.64. The Bertz CT molecular complexity index is 902. The molecule has 2 aromatic carbocycles. The first-order valence-corrected chi connectivity index (χ1v) is 9.67. The third kappa shape index (κ3) is 3.46. The number of benzene rings is 2. The zero-order valence-electron chi connectivity index (χ0n) is 16.0. The van der Waals surface area contributed by atoms with E-state index >= 15 is 0 Å². The number of carbonyl (C=O) groups excluding carboxylic acids is 2. The van der Waals surface area contributed by atoms with Crippen LogP contribution in [0, 0.1) is 18.2 Å². The highest BCUT2D eigenvalue weighted by Crippen LogP contribution is 2.48. The van der Waals surface area contributed by atoms with Crippen LogP contribution in [0.4, 0.5) is 15.8 Å². The molecule has 146 valence electrons. The van der Waals surface area contributed by atoms with Crippen molar-refractivity contribution in [1.29, 1.82) is 0 Å². The SMILES string of the molecule is Cc1cccc(NC(=O)C2(C(=O)N3CCN(c4ccccc4F)CC3)CC2)c1. The topological polar surface area (TPSA) is 52.7 Å². The molecule has 2 aliphatic rings. The molecule has 1 heterocycles. The van der Waals surface area contributed by atoms with Crippen molar-refractivity contribution < 1.29 is 14.0 Å². The Labute approximate surface area is 164 Å². The van der Waals surface area contributed by atoms with Crippen molar-refractivity contribution in [2.45, 2.75) is 19.8 Å². The first-order valence-electron chi connectivity index (χ1n) is 9.67. The molecule has 0 atom stereocenters. The lowest BCUT2D eigenvalue weighted by atomic mass is 10.0. The predicted molar refractivity (Wildman–Crippen MR) is 107 cm³/mol. The fourth-order valence-corrected chi connectivity index (χ4v) is 3.80. The number of halogens is 1. The highest BCUT2D eigenvalue weighted by molar-refractivity contribution is 6.13. The lowest BCUT2D eigenvalue weighted by Crippen LogP contribution is -2.52. The number of hydrogen-bond acceptors (Lipinski definition) is 3. The summed E-state index contributed by atoms with van der Waals surface area (Å²) in [5.41, 5.74) is 1.39. The molecule has 2 amide bonds. The summed E-state index contributed by atoms with van der Waals surface area (Å²) in [6.07, 6.45) is 1.16. The molecule has 4 rings (SSSR count). The standard InChI is InChI=1S/C22H24FN3O2/c1-16-5-4-6-17(15-16)24-20(27)22(9-10-22)21(28)26-13-11-25(12-14-26)19-8-3-2-7-18(19)23/h2-8,15H,9-14H2,1H3,(H,24,27). The summed E-state index contributed by atoms with van der Waals surface area (Å²) in [5, 5.41) is 2.90. The average Bonchev–Trinajstić information content (AvgIpc) is 3.50. The summed E-state index contributed by atoms with van der Waals surface area (Å²) >= 11 is 0. The van der Waals surface area contributed by atoms with Crippen molar-refractivity contribution in [2.75, 3.05) is 36.4 Å². The second-order valence-electron chi connectivity index (χ2n) is 7.64. The van der Waals surface area contributed by atoms with E-state index in [1.807, 2.05) is 42.2 Å². The van der Waals surface area contributed by atoms with Gasteiger partial charge in [-0.05, 0) is 49.6 Å². The lowest BCUT2D eigenvalue weighted by Gasteiger charge is -2.37. The number of aryl methyl sites for hydroxylation is 1. The lowest BCUT2D eigenvalue weighted by molar-refractivity contribution is -0.142. The maximum atomic E-state index is 14.0. The van der Waals surface area contributed by atoms with Crippen molar-refractivity contribution in [2.24, 2.45) is 5.41 Å². The quantitative estimate of drug-likeness (QED) is 0.828. The van der Waals surface area contributed by atoms with Gasteiger partial charge in [0.15, 0.2) is 0 Å². The van der Waals surface area contributed by atoms with Crippen LogP contribution >= 0.6 is 0 Å². The van der Waals surface area contributed by atoms with Crippen molar-refractivity contribution >= 4 is 23.2 Å². The number of carbonyl (C=O) groups is 2. The highest BCUT2D eigenvalue weighted by Gasteiger charge is 2.58. The Morgan fingerprint density at radius 3 is 2.36 bits per heavy atom. The Morgan fingerprint density at radius 1 is 1.00 bits per heavy atom. The molecule has 5 nitrogen and oxygen atoms in total. The summed E-state index contributed by atoms with van der Waals surface area (Å²) in [4.78, 5) is 29.6. The minimum Gasteiger partial charge on any atom is -0.366 e. The van der Waals surface area contributed by atoms with Gasteiger partial charge in [0.25, 0.3) is 0 Å². The number of nitrogens with one attached hydrogen (secondary N) is 1. The summed E-state index contributed by atoms with van der Waals surface area (Å²) in [7, 11) is 0. The van der Waals surface area contributed by atoms with E-state index in [9.17, 15) is 14.0 Å². The first-order chi connectivity index (χ1) is 13.5. The van der Waals surface area contributed by atoms with Gasteiger partial charge in [0, 0.05) is 31.9 Å². The number of rotatable bonds is 4. The molecule has 0 aromatic heterocycles. The molecule has 2 fully saturated rings. The first kappa shape index (κ1) is 18.5. The molecular weight excluding hydrogens is 357 g/mol. The Hall–Kier alpha value is -2.89. The summed E-state index contributed by atoms with van der Waals surface area (Å²) in [5.74, 6) is -0.580. The van der Waals surface area contributed by atoms with Gasteiger partial charge < -0.3 is 15.1 Å². The fraction of sp³-hybridized carbons (Fsp3) is 0.364. The Balaban J connectivity index is 1.39. The number of hydrogen-bond donors (Lipinski definition) is 1. The molecule has 1 N–H and O–H groups in total. The van der Waals surface area contributed by atoms with Crippen LogP contribution in [-0.2, 0) is 9.59 Å². The van der Waals surface area contributed by atoms with Crippen LogP contribution < -0.4 is 10.2 Å². The van der Waals surface area contributed by atoms with Crippen molar-refractivity contribution in [3.8, 4) is 0 Å². The van der Waals surface area contributed by atoms with Crippen molar-refractivity contribution in [3.63, 3.8) is 0 Å². The maximum Gasteiger partial charge on any atom is 0.240 e. The van der Waals surface area contributed by atoms with Gasteiger partial charge in [-0.3, -0.25) is 9.59 Å². The van der Waals surface area contributed by atoms with Crippen LogP contribution in [0.2, 0.25) is 0 Å². The number of para-hydroxylation sites is 1. The van der Waals surface area contributed by atoms with Gasteiger partial charge in [0.05, 0.1) is 5.69 Å². The number of anilines is 2. The molecule has 28 heavy (non-hydrogen) atoms. The van der Waals surface area contributed by atoms with Crippen LogP contribution in [0.15, 0.2) is 48.5 Å². The second kappa shape index (κ2) is 7.26. The average molecular weight is 381 g/mol. The molecule has 0 bridgehead atoms. The molecule has 0 spiro atoms. The molecule has 2 aromatic rings. The third-order valence-electron chi connectivity index (χ3n) is 5.63. The van der Waals surface area contributed by atoms with Crippen LogP contribution in [0.1, 0.15) is 18.4 Å². The minimum absolute atomic E-state index is 0.106. The van der Waals surface area contributed by atoms with Gasteiger partial charge in [-0.25, -0.2) is 4.39 Å². The molecule has 1 saturated carbocycles. The zero-order chi connectivity index (χ0) is 19.7. The van der Waals surface area contributed by atoms with Crippen LogP contribution in [0.5, 0.6) is 0 Å². The molecular formula is C22H24FN3O2. The molecule has 0 unspecified atom stereocenters. The van der Waals surface area contributed by atoms with E-state index in [4.69, 9.17) is 0 Å². The van der Waals surface area contributed by atoms with E-state index in [0.717, 1.165) is 5.56 Å². The van der Waals surface area contributed by atoms with Gasteiger partial charge in [-0.1, -0.05) is 24.3 Å². The maximum absolute atomic E-state index is 14.0. The summed E-state index contributed by atoms with van der Waals surface area (Å²) < 4.78 is 14.0. The van der Waals surface area contributed by atoms with E-state index in [2.05, 4.69) is 5.32 Å². The number of amides is 2.